The van der Waals surface area contributed by atoms with Crippen LogP contribution < -0.4 is 27.4 Å². The number of amides is 3. The molecule has 10 nitrogen and oxygen atoms in total. The summed E-state index contributed by atoms with van der Waals surface area (Å²) >= 11 is 1.50. The number of hydrogen-bond donors (Lipinski definition) is 6. The van der Waals surface area contributed by atoms with Crippen molar-refractivity contribution in [2.75, 3.05) is 25.1 Å². The normalized spacial score (nSPS) is 14.8. The van der Waals surface area contributed by atoms with Crippen molar-refractivity contribution in [3.8, 4) is 0 Å². The van der Waals surface area contributed by atoms with Gasteiger partial charge in [-0.1, -0.05) is 20.3 Å². The molecule has 0 rings (SSSR count). The highest BCUT2D eigenvalue weighted by Crippen LogP contribution is 2.10. The molecule has 0 bridgehead atoms. The number of rotatable bonds is 16. The first kappa shape index (κ1) is 28.1. The molecule has 0 aliphatic heterocycles. The third kappa shape index (κ3) is 10.8. The van der Waals surface area contributed by atoms with E-state index in [2.05, 4.69) is 16.0 Å². The third-order valence-corrected chi connectivity index (χ3v) is 5.45. The Labute approximate surface area is 182 Å². The van der Waals surface area contributed by atoms with Crippen molar-refractivity contribution >= 4 is 35.5 Å². The van der Waals surface area contributed by atoms with E-state index in [9.17, 15) is 24.3 Å². The Morgan fingerprint density at radius 3 is 2.07 bits per heavy atom. The summed E-state index contributed by atoms with van der Waals surface area (Å²) in [6.07, 6.45) is 4.44. The van der Waals surface area contributed by atoms with Crippen LogP contribution in [0.3, 0.4) is 0 Å². The van der Waals surface area contributed by atoms with Crippen LogP contribution in [0.15, 0.2) is 0 Å². The van der Waals surface area contributed by atoms with Gasteiger partial charge in [-0.05, 0) is 50.2 Å². The lowest BCUT2D eigenvalue weighted by atomic mass is 9.98. The fourth-order valence-corrected chi connectivity index (χ4v) is 3.20. The van der Waals surface area contributed by atoms with Crippen LogP contribution in [-0.2, 0) is 19.2 Å². The molecule has 0 heterocycles. The van der Waals surface area contributed by atoms with E-state index in [1.54, 1.807) is 6.92 Å². The summed E-state index contributed by atoms with van der Waals surface area (Å²) in [5, 5.41) is 17.2. The Bertz CT molecular complexity index is 563. The fourth-order valence-electron chi connectivity index (χ4n) is 2.73. The Morgan fingerprint density at radius 1 is 0.967 bits per heavy atom. The number of carbonyl (C=O) groups excluding carboxylic acids is 3. The zero-order valence-corrected chi connectivity index (χ0v) is 18.9. The standard InChI is InChI=1S/C19H37N5O5S/c1-4-12(2)16(19(28)29)24-18(27)14(8-10-30-3)23-17(26)13(7-5-6-9-20)22-15(25)11-21/h12-14,16H,4-11,20-21H2,1-3H3,(H,22,25)(H,23,26)(H,24,27)(H,28,29). The monoisotopic (exact) mass is 447 g/mol. The number of unbranched alkanes of at least 4 members (excludes halogenated alkanes) is 1. The Balaban J connectivity index is 5.31. The van der Waals surface area contributed by atoms with Gasteiger partial charge in [0, 0.05) is 0 Å². The molecule has 0 aliphatic carbocycles. The molecular formula is C19H37N5O5S. The number of nitrogens with one attached hydrogen (secondary N) is 3. The lowest BCUT2D eigenvalue weighted by Crippen LogP contribution is -2.57. The Morgan fingerprint density at radius 2 is 1.57 bits per heavy atom. The second-order valence-electron chi connectivity index (χ2n) is 7.16. The van der Waals surface area contributed by atoms with Crippen molar-refractivity contribution in [2.45, 2.75) is 64.1 Å². The molecule has 0 radical (unpaired) electrons. The minimum Gasteiger partial charge on any atom is -0.480 e. The predicted octanol–water partition coefficient (Wildman–Crippen LogP) is -0.588. The highest BCUT2D eigenvalue weighted by Gasteiger charge is 2.31. The summed E-state index contributed by atoms with van der Waals surface area (Å²) in [6.45, 7) is 3.78. The number of carbonyl (C=O) groups is 4. The van der Waals surface area contributed by atoms with Crippen LogP contribution in [0, 0.1) is 5.92 Å². The van der Waals surface area contributed by atoms with Crippen molar-refractivity contribution in [2.24, 2.45) is 17.4 Å². The van der Waals surface area contributed by atoms with Gasteiger partial charge in [-0.2, -0.15) is 11.8 Å². The summed E-state index contributed by atoms with van der Waals surface area (Å²) in [7, 11) is 0. The first-order valence-electron chi connectivity index (χ1n) is 10.2. The van der Waals surface area contributed by atoms with Crippen LogP contribution in [0.4, 0.5) is 0 Å². The van der Waals surface area contributed by atoms with E-state index in [4.69, 9.17) is 11.5 Å². The largest absolute Gasteiger partial charge is 0.480 e. The van der Waals surface area contributed by atoms with Crippen LogP contribution in [-0.4, -0.2) is 72.0 Å². The maximum absolute atomic E-state index is 12.8. The molecule has 4 unspecified atom stereocenters. The predicted molar refractivity (Wildman–Crippen MR) is 118 cm³/mol. The van der Waals surface area contributed by atoms with Gasteiger partial charge >= 0.3 is 5.97 Å². The van der Waals surface area contributed by atoms with Gasteiger partial charge in [0.2, 0.25) is 17.7 Å². The molecule has 0 aliphatic rings. The third-order valence-electron chi connectivity index (χ3n) is 4.80. The van der Waals surface area contributed by atoms with Gasteiger partial charge in [0.15, 0.2) is 0 Å². The lowest BCUT2D eigenvalue weighted by molar-refractivity contribution is -0.143. The minimum atomic E-state index is -1.12. The number of carboxylic acids is 1. The maximum atomic E-state index is 12.8. The second-order valence-corrected chi connectivity index (χ2v) is 8.15. The number of carboxylic acid groups (broad SMARTS) is 1. The second kappa shape index (κ2) is 15.9. The fraction of sp³-hybridized carbons (Fsp3) is 0.789. The molecule has 30 heavy (non-hydrogen) atoms. The average molecular weight is 448 g/mol. The topological polar surface area (TPSA) is 177 Å². The summed E-state index contributed by atoms with van der Waals surface area (Å²) in [6, 6.07) is -2.81. The number of thioether (sulfide) groups is 1. The molecule has 0 aromatic carbocycles. The quantitative estimate of drug-likeness (QED) is 0.170. The van der Waals surface area contributed by atoms with Crippen LogP contribution in [0.5, 0.6) is 0 Å². The lowest BCUT2D eigenvalue weighted by Gasteiger charge is -2.26. The molecule has 0 aromatic heterocycles. The molecule has 8 N–H and O–H groups in total. The number of aliphatic carboxylic acids is 1. The van der Waals surface area contributed by atoms with Crippen LogP contribution in [0.2, 0.25) is 0 Å². The molecular weight excluding hydrogens is 410 g/mol. The van der Waals surface area contributed by atoms with E-state index >= 15 is 0 Å². The summed E-state index contributed by atoms with van der Waals surface area (Å²) < 4.78 is 0. The molecule has 174 valence electrons. The molecule has 3 amide bonds. The zero-order chi connectivity index (χ0) is 23.1. The van der Waals surface area contributed by atoms with E-state index in [0.29, 0.717) is 44.4 Å². The first-order chi connectivity index (χ1) is 14.2. The van der Waals surface area contributed by atoms with Crippen LogP contribution >= 0.6 is 11.8 Å². The van der Waals surface area contributed by atoms with Gasteiger partial charge in [0.1, 0.15) is 18.1 Å². The SMILES string of the molecule is CCC(C)C(NC(=O)C(CCSC)NC(=O)C(CCCCN)NC(=O)CN)C(=O)O. The maximum Gasteiger partial charge on any atom is 0.326 e. The summed E-state index contributed by atoms with van der Waals surface area (Å²) in [5.41, 5.74) is 10.8. The first-order valence-corrected chi connectivity index (χ1v) is 11.6. The minimum absolute atomic E-state index is 0.258. The van der Waals surface area contributed by atoms with Gasteiger partial charge in [0.05, 0.1) is 6.54 Å². The highest BCUT2D eigenvalue weighted by atomic mass is 32.2. The van der Waals surface area contributed by atoms with E-state index in [-0.39, 0.29) is 12.5 Å². The Hall–Kier alpha value is -1.85. The molecule has 0 spiro atoms. The van der Waals surface area contributed by atoms with E-state index in [0.717, 1.165) is 0 Å². The Kier molecular flexibility index (Phi) is 14.9. The van der Waals surface area contributed by atoms with Gasteiger partial charge in [-0.25, -0.2) is 4.79 Å². The van der Waals surface area contributed by atoms with E-state index < -0.39 is 41.8 Å². The van der Waals surface area contributed by atoms with Crippen molar-refractivity contribution in [1.82, 2.24) is 16.0 Å². The van der Waals surface area contributed by atoms with Gasteiger partial charge in [-0.3, -0.25) is 14.4 Å². The van der Waals surface area contributed by atoms with Gasteiger partial charge < -0.3 is 32.5 Å². The highest BCUT2D eigenvalue weighted by molar-refractivity contribution is 7.98. The molecule has 4 atom stereocenters. The average Bonchev–Trinajstić information content (AvgIpc) is 2.72. The number of hydrogen-bond acceptors (Lipinski definition) is 7. The van der Waals surface area contributed by atoms with Crippen molar-refractivity contribution in [3.63, 3.8) is 0 Å². The molecule has 11 heteroatoms. The zero-order valence-electron chi connectivity index (χ0n) is 18.1. The smallest absolute Gasteiger partial charge is 0.326 e. The van der Waals surface area contributed by atoms with Crippen LogP contribution in [0.25, 0.3) is 0 Å². The molecule has 0 saturated carbocycles. The molecule has 0 saturated heterocycles. The van der Waals surface area contributed by atoms with Crippen molar-refractivity contribution in [1.29, 1.82) is 0 Å². The van der Waals surface area contributed by atoms with Crippen molar-refractivity contribution in [3.05, 3.63) is 0 Å². The molecule has 0 aromatic rings. The number of nitrogens with two attached hydrogens (primary N) is 2. The molecule has 0 fully saturated rings. The summed E-state index contributed by atoms with van der Waals surface area (Å²) in [5.74, 6) is -2.34. The van der Waals surface area contributed by atoms with E-state index in [1.165, 1.54) is 11.8 Å². The van der Waals surface area contributed by atoms with Crippen molar-refractivity contribution < 1.29 is 24.3 Å². The van der Waals surface area contributed by atoms with Crippen LogP contribution in [0.1, 0.15) is 46.0 Å². The summed E-state index contributed by atoms with van der Waals surface area (Å²) in [4.78, 5) is 48.8. The van der Waals surface area contributed by atoms with E-state index in [1.807, 2.05) is 13.2 Å². The van der Waals surface area contributed by atoms with Gasteiger partial charge in [-0.15, -0.1) is 0 Å². The van der Waals surface area contributed by atoms with Gasteiger partial charge in [0.25, 0.3) is 0 Å².